The normalized spacial score (nSPS) is 15.3. The largest absolute Gasteiger partial charge is 0.356 e. The van der Waals surface area contributed by atoms with Gasteiger partial charge in [0.1, 0.15) is 11.6 Å². The molecule has 0 fully saturated rings. The van der Waals surface area contributed by atoms with Gasteiger partial charge in [-0.3, -0.25) is 9.89 Å². The number of hydrogen-bond acceptors (Lipinski definition) is 4. The predicted molar refractivity (Wildman–Crippen MR) is 112 cm³/mol. The first-order valence-corrected chi connectivity index (χ1v) is 10.6. The minimum absolute atomic E-state index is 0.556. The zero-order valence-corrected chi connectivity index (χ0v) is 18.0. The summed E-state index contributed by atoms with van der Waals surface area (Å²) in [5, 5.41) is 15.6. The lowest BCUT2D eigenvalue weighted by Gasteiger charge is -2.30. The van der Waals surface area contributed by atoms with Crippen molar-refractivity contribution in [3.63, 3.8) is 0 Å². The van der Waals surface area contributed by atoms with Crippen LogP contribution in [0.25, 0.3) is 0 Å². The van der Waals surface area contributed by atoms with Crippen molar-refractivity contribution >= 4 is 5.96 Å². The maximum atomic E-state index is 4.41. The van der Waals surface area contributed by atoms with Crippen molar-refractivity contribution < 1.29 is 0 Å². The molecule has 154 valence electrons. The van der Waals surface area contributed by atoms with Gasteiger partial charge in [0.05, 0.1) is 0 Å². The quantitative estimate of drug-likeness (QED) is 0.392. The number of fused-ring (bicyclic) bond motifs is 1. The highest BCUT2D eigenvalue weighted by Crippen LogP contribution is 2.15. The Hall–Kier alpha value is -1.63. The molecule has 1 aromatic rings. The molecule has 0 saturated carbocycles. The van der Waals surface area contributed by atoms with E-state index in [-0.39, 0.29) is 0 Å². The van der Waals surface area contributed by atoms with Crippen LogP contribution in [0.4, 0.5) is 0 Å². The fourth-order valence-corrected chi connectivity index (χ4v) is 3.82. The van der Waals surface area contributed by atoms with Crippen LogP contribution < -0.4 is 10.6 Å². The Morgan fingerprint density at radius 1 is 1.07 bits per heavy atom. The number of nitrogens with zero attached hydrogens (tertiary/aromatic N) is 5. The number of aromatic nitrogens is 3. The van der Waals surface area contributed by atoms with Crippen LogP contribution in [0, 0.1) is 0 Å². The molecule has 27 heavy (non-hydrogen) atoms. The molecule has 1 aliphatic rings. The molecular weight excluding hydrogens is 338 g/mol. The number of hydrogen-bond donors (Lipinski definition) is 2. The van der Waals surface area contributed by atoms with Gasteiger partial charge < -0.3 is 15.2 Å². The van der Waals surface area contributed by atoms with E-state index in [1.54, 1.807) is 0 Å². The van der Waals surface area contributed by atoms with Gasteiger partial charge in [0.2, 0.25) is 0 Å². The Labute approximate surface area is 165 Å². The predicted octanol–water partition coefficient (Wildman–Crippen LogP) is 2.22. The van der Waals surface area contributed by atoms with Crippen LogP contribution >= 0.6 is 0 Å². The summed E-state index contributed by atoms with van der Waals surface area (Å²) in [6.07, 6.45) is 6.86. The van der Waals surface area contributed by atoms with Crippen LogP contribution in [0.15, 0.2) is 4.99 Å². The Morgan fingerprint density at radius 2 is 1.81 bits per heavy atom. The summed E-state index contributed by atoms with van der Waals surface area (Å²) < 4.78 is 2.34. The van der Waals surface area contributed by atoms with Gasteiger partial charge in [-0.15, -0.1) is 10.2 Å². The molecule has 2 rings (SSSR count). The SMILES string of the molecule is CN=C(NCCCc1nnc2n1CCCCC2)NCCN(C(C)C)C(C)C. The topological polar surface area (TPSA) is 70.4 Å². The van der Waals surface area contributed by atoms with Gasteiger partial charge in [0, 0.05) is 58.2 Å². The summed E-state index contributed by atoms with van der Waals surface area (Å²) >= 11 is 0. The summed E-state index contributed by atoms with van der Waals surface area (Å²) in [4.78, 5) is 6.82. The third-order valence-corrected chi connectivity index (χ3v) is 5.27. The molecule has 2 N–H and O–H groups in total. The lowest BCUT2D eigenvalue weighted by Crippen LogP contribution is -2.45. The maximum Gasteiger partial charge on any atom is 0.191 e. The minimum Gasteiger partial charge on any atom is -0.356 e. The summed E-state index contributed by atoms with van der Waals surface area (Å²) in [5.74, 6) is 3.19. The minimum atomic E-state index is 0.556. The third kappa shape index (κ3) is 6.79. The molecular formula is C20H39N7. The summed E-state index contributed by atoms with van der Waals surface area (Å²) in [5.41, 5.74) is 0. The lowest BCUT2D eigenvalue weighted by atomic mass is 10.2. The number of aryl methyl sites for hydroxylation is 2. The fourth-order valence-electron chi connectivity index (χ4n) is 3.82. The smallest absolute Gasteiger partial charge is 0.191 e. The molecule has 0 aliphatic carbocycles. The van der Waals surface area contributed by atoms with Gasteiger partial charge in [-0.1, -0.05) is 6.42 Å². The summed E-state index contributed by atoms with van der Waals surface area (Å²) in [7, 11) is 1.83. The van der Waals surface area contributed by atoms with Crippen molar-refractivity contribution in [3.8, 4) is 0 Å². The van der Waals surface area contributed by atoms with E-state index in [4.69, 9.17) is 0 Å². The van der Waals surface area contributed by atoms with E-state index in [1.807, 2.05) is 7.05 Å². The molecule has 0 saturated heterocycles. The van der Waals surface area contributed by atoms with E-state index < -0.39 is 0 Å². The third-order valence-electron chi connectivity index (χ3n) is 5.27. The van der Waals surface area contributed by atoms with Crippen molar-refractivity contribution in [1.82, 2.24) is 30.3 Å². The van der Waals surface area contributed by atoms with Crippen LogP contribution in [0.3, 0.4) is 0 Å². The average molecular weight is 378 g/mol. The molecule has 2 heterocycles. The van der Waals surface area contributed by atoms with Crippen LogP contribution in [0.2, 0.25) is 0 Å². The molecule has 0 unspecified atom stereocenters. The first-order valence-electron chi connectivity index (χ1n) is 10.6. The lowest BCUT2D eigenvalue weighted by molar-refractivity contribution is 0.178. The second-order valence-corrected chi connectivity index (χ2v) is 7.95. The van der Waals surface area contributed by atoms with E-state index in [9.17, 15) is 0 Å². The summed E-state index contributed by atoms with van der Waals surface area (Å²) in [6, 6.07) is 1.11. The van der Waals surface area contributed by atoms with Gasteiger partial charge in [-0.2, -0.15) is 0 Å². The van der Waals surface area contributed by atoms with Gasteiger partial charge in [0.15, 0.2) is 5.96 Å². The molecule has 0 spiro atoms. The number of guanidine groups is 1. The van der Waals surface area contributed by atoms with Crippen LogP contribution in [-0.2, 0) is 19.4 Å². The standard InChI is InChI=1S/C20H39N7/c1-16(2)26(17(3)4)15-13-23-20(21-5)22-12-9-11-19-25-24-18-10-7-6-8-14-27(18)19/h16-17H,6-15H2,1-5H3,(H2,21,22,23). The molecule has 0 amide bonds. The molecule has 0 atom stereocenters. The van der Waals surface area contributed by atoms with E-state index in [1.165, 1.54) is 25.1 Å². The van der Waals surface area contributed by atoms with E-state index in [0.29, 0.717) is 12.1 Å². The van der Waals surface area contributed by atoms with Gasteiger partial charge in [0.25, 0.3) is 0 Å². The Bertz CT molecular complexity index is 569. The van der Waals surface area contributed by atoms with Crippen LogP contribution in [-0.4, -0.2) is 64.4 Å². The van der Waals surface area contributed by atoms with E-state index in [0.717, 1.165) is 57.2 Å². The highest BCUT2D eigenvalue weighted by Gasteiger charge is 2.14. The summed E-state index contributed by atoms with van der Waals surface area (Å²) in [6.45, 7) is 12.9. The number of rotatable bonds is 9. The van der Waals surface area contributed by atoms with Gasteiger partial charge in [-0.25, -0.2) is 0 Å². The number of aliphatic imine (C=N–C) groups is 1. The van der Waals surface area contributed by atoms with E-state index in [2.05, 4.69) is 63.0 Å². The van der Waals surface area contributed by atoms with Crippen molar-refractivity contribution in [1.29, 1.82) is 0 Å². The molecule has 0 bridgehead atoms. The monoisotopic (exact) mass is 377 g/mol. The Kier molecular flexibility index (Phi) is 9.04. The molecule has 7 nitrogen and oxygen atoms in total. The van der Waals surface area contributed by atoms with Crippen molar-refractivity contribution in [2.45, 2.75) is 84.8 Å². The van der Waals surface area contributed by atoms with Crippen LogP contribution in [0.1, 0.15) is 65.0 Å². The molecule has 7 heteroatoms. The van der Waals surface area contributed by atoms with Gasteiger partial charge >= 0.3 is 0 Å². The molecule has 1 aromatic heterocycles. The highest BCUT2D eigenvalue weighted by atomic mass is 15.3. The first kappa shape index (κ1) is 21.7. The number of nitrogens with one attached hydrogen (secondary N) is 2. The van der Waals surface area contributed by atoms with E-state index >= 15 is 0 Å². The molecule has 0 aromatic carbocycles. The second-order valence-electron chi connectivity index (χ2n) is 7.95. The molecule has 0 radical (unpaired) electrons. The second kappa shape index (κ2) is 11.3. The maximum absolute atomic E-state index is 4.41. The fraction of sp³-hybridized carbons (Fsp3) is 0.850. The van der Waals surface area contributed by atoms with Crippen molar-refractivity contribution in [2.75, 3.05) is 26.7 Å². The average Bonchev–Trinajstić information content (AvgIpc) is 2.86. The Balaban J connectivity index is 1.69. The van der Waals surface area contributed by atoms with Crippen molar-refractivity contribution in [2.24, 2.45) is 4.99 Å². The zero-order valence-electron chi connectivity index (χ0n) is 18.0. The van der Waals surface area contributed by atoms with Gasteiger partial charge in [-0.05, 0) is 47.0 Å². The van der Waals surface area contributed by atoms with Crippen molar-refractivity contribution in [3.05, 3.63) is 11.6 Å². The molecule has 1 aliphatic heterocycles. The zero-order chi connectivity index (χ0) is 19.6. The Morgan fingerprint density at radius 3 is 2.52 bits per heavy atom. The van der Waals surface area contributed by atoms with Crippen LogP contribution in [0.5, 0.6) is 0 Å². The first-order chi connectivity index (χ1) is 13.0. The highest BCUT2D eigenvalue weighted by molar-refractivity contribution is 5.79.